The van der Waals surface area contributed by atoms with Gasteiger partial charge in [-0.2, -0.15) is 0 Å². The molecule has 0 saturated heterocycles. The molecule has 4 aromatic rings. The summed E-state index contributed by atoms with van der Waals surface area (Å²) in [6.45, 7) is 0. The van der Waals surface area contributed by atoms with Gasteiger partial charge in [0.15, 0.2) is 5.82 Å². The Labute approximate surface area is 200 Å². The molecule has 1 aromatic heterocycles. The number of fused-ring (bicyclic) bond motifs is 1. The number of nitrogens with zero attached hydrogens (tertiary/aromatic N) is 3. The minimum atomic E-state index is -0.537. The van der Waals surface area contributed by atoms with Crippen LogP contribution >= 0.6 is 11.8 Å². The molecule has 1 aliphatic rings. The van der Waals surface area contributed by atoms with Crippen molar-refractivity contribution < 1.29 is 14.3 Å². The second-order valence-corrected chi connectivity index (χ2v) is 8.73. The lowest BCUT2D eigenvalue weighted by Gasteiger charge is -2.33. The standard InChI is InChI=1S/C25H21N5O3S/c1-33-24(32)18-14-12-16(13-15-18)20-21(23(31)26-19-10-6-3-7-11-19)34-25-28-27-22(30(25)29-20)17-8-4-2-5-9-17/h2-15,20-21,29H,1H3,(H,26,31)/t20-,21-/m0/s1. The maximum absolute atomic E-state index is 13.4. The normalized spacial score (nSPS) is 16.7. The van der Waals surface area contributed by atoms with E-state index in [0.29, 0.717) is 22.2 Å². The summed E-state index contributed by atoms with van der Waals surface area (Å²) in [7, 11) is 1.35. The fourth-order valence-electron chi connectivity index (χ4n) is 3.76. The van der Waals surface area contributed by atoms with Gasteiger partial charge in [-0.15, -0.1) is 10.2 Å². The first-order valence-corrected chi connectivity index (χ1v) is 11.5. The number of hydrogen-bond donors (Lipinski definition) is 2. The topological polar surface area (TPSA) is 98.1 Å². The van der Waals surface area contributed by atoms with E-state index >= 15 is 0 Å². The van der Waals surface area contributed by atoms with E-state index < -0.39 is 17.3 Å². The Morgan fingerprint density at radius 2 is 1.62 bits per heavy atom. The van der Waals surface area contributed by atoms with E-state index in [-0.39, 0.29) is 5.91 Å². The zero-order valence-corrected chi connectivity index (χ0v) is 19.0. The minimum absolute atomic E-state index is 0.166. The lowest BCUT2D eigenvalue weighted by molar-refractivity contribution is -0.116. The van der Waals surface area contributed by atoms with E-state index in [1.54, 1.807) is 12.1 Å². The van der Waals surface area contributed by atoms with Gasteiger partial charge >= 0.3 is 5.97 Å². The van der Waals surface area contributed by atoms with Crippen molar-refractivity contribution in [1.82, 2.24) is 14.9 Å². The average Bonchev–Trinajstić information content (AvgIpc) is 3.31. The van der Waals surface area contributed by atoms with Crippen LogP contribution in [0.4, 0.5) is 5.69 Å². The number of carbonyl (C=O) groups excluding carboxylic acids is 2. The molecule has 2 heterocycles. The molecule has 9 heteroatoms. The molecule has 2 atom stereocenters. The van der Waals surface area contributed by atoms with Crippen molar-refractivity contribution in [3.8, 4) is 11.4 Å². The second kappa shape index (κ2) is 9.40. The fourth-order valence-corrected chi connectivity index (χ4v) is 4.84. The third-order valence-electron chi connectivity index (χ3n) is 5.46. The number of hydrogen-bond acceptors (Lipinski definition) is 7. The van der Waals surface area contributed by atoms with Gasteiger partial charge in [-0.05, 0) is 29.8 Å². The SMILES string of the molecule is COC(=O)c1ccc([C@@H]2Nn3c(nnc3-c3ccccc3)S[C@@H]2C(=O)Nc2ccccc2)cc1. The third-order valence-corrected chi connectivity index (χ3v) is 6.67. The molecule has 0 radical (unpaired) electrons. The van der Waals surface area contributed by atoms with Gasteiger partial charge in [0.25, 0.3) is 0 Å². The van der Waals surface area contributed by atoms with Crippen molar-refractivity contribution >= 4 is 29.3 Å². The van der Waals surface area contributed by atoms with Crippen LogP contribution in [-0.4, -0.2) is 39.1 Å². The number of carbonyl (C=O) groups is 2. The highest BCUT2D eigenvalue weighted by Gasteiger charge is 2.38. The van der Waals surface area contributed by atoms with Crippen molar-refractivity contribution in [3.05, 3.63) is 96.1 Å². The minimum Gasteiger partial charge on any atom is -0.465 e. The third kappa shape index (κ3) is 4.25. The summed E-state index contributed by atoms with van der Waals surface area (Å²) in [6, 6.07) is 25.7. The Morgan fingerprint density at radius 3 is 2.29 bits per heavy atom. The molecule has 34 heavy (non-hydrogen) atoms. The van der Waals surface area contributed by atoms with Gasteiger partial charge < -0.3 is 15.5 Å². The fraction of sp³-hybridized carbons (Fsp3) is 0.120. The Balaban J connectivity index is 1.51. The monoisotopic (exact) mass is 471 g/mol. The van der Waals surface area contributed by atoms with Gasteiger partial charge in [-0.1, -0.05) is 72.4 Å². The highest BCUT2D eigenvalue weighted by molar-refractivity contribution is 8.00. The molecule has 2 N–H and O–H groups in total. The zero-order chi connectivity index (χ0) is 23.5. The van der Waals surface area contributed by atoms with E-state index in [4.69, 9.17) is 4.74 Å². The number of thioether (sulfide) groups is 1. The first kappa shape index (κ1) is 21.7. The van der Waals surface area contributed by atoms with Crippen molar-refractivity contribution in [3.63, 3.8) is 0 Å². The second-order valence-electron chi connectivity index (χ2n) is 7.62. The van der Waals surface area contributed by atoms with Crippen LogP contribution in [0.25, 0.3) is 11.4 Å². The molecule has 0 fully saturated rings. The summed E-state index contributed by atoms with van der Waals surface area (Å²) in [6.07, 6.45) is 0. The Kier molecular flexibility index (Phi) is 6.01. The van der Waals surface area contributed by atoms with E-state index in [0.717, 1.165) is 11.1 Å². The number of benzene rings is 3. The quantitative estimate of drug-likeness (QED) is 0.422. The van der Waals surface area contributed by atoms with Crippen LogP contribution in [0.2, 0.25) is 0 Å². The molecular weight excluding hydrogens is 450 g/mol. The summed E-state index contributed by atoms with van der Waals surface area (Å²) in [5.74, 6) is 0.0748. The number of ether oxygens (including phenoxy) is 1. The first-order valence-electron chi connectivity index (χ1n) is 10.6. The van der Waals surface area contributed by atoms with Gasteiger partial charge in [0, 0.05) is 11.3 Å². The van der Waals surface area contributed by atoms with E-state index in [1.807, 2.05) is 77.5 Å². The summed E-state index contributed by atoms with van der Waals surface area (Å²) in [5.41, 5.74) is 6.33. The average molecular weight is 472 g/mol. The molecule has 8 nitrogen and oxygen atoms in total. The van der Waals surface area contributed by atoms with Crippen LogP contribution in [0.3, 0.4) is 0 Å². The van der Waals surface area contributed by atoms with Crippen molar-refractivity contribution in [2.24, 2.45) is 0 Å². The smallest absolute Gasteiger partial charge is 0.337 e. The van der Waals surface area contributed by atoms with Crippen molar-refractivity contribution in [2.45, 2.75) is 16.4 Å². The molecule has 1 aliphatic heterocycles. The van der Waals surface area contributed by atoms with Crippen LogP contribution in [0.15, 0.2) is 90.1 Å². The molecule has 1 amide bonds. The van der Waals surface area contributed by atoms with E-state index in [2.05, 4.69) is 20.9 Å². The number of nitrogens with one attached hydrogen (secondary N) is 2. The van der Waals surface area contributed by atoms with Crippen LogP contribution in [0.5, 0.6) is 0 Å². The Morgan fingerprint density at radius 1 is 0.941 bits per heavy atom. The molecule has 0 unspecified atom stereocenters. The summed E-state index contributed by atoms with van der Waals surface area (Å²) in [4.78, 5) is 25.2. The molecule has 0 saturated carbocycles. The zero-order valence-electron chi connectivity index (χ0n) is 18.2. The molecule has 170 valence electrons. The van der Waals surface area contributed by atoms with Gasteiger partial charge in [0.1, 0.15) is 5.25 Å². The van der Waals surface area contributed by atoms with Gasteiger partial charge in [0.05, 0.1) is 18.7 Å². The number of anilines is 1. The van der Waals surface area contributed by atoms with Gasteiger partial charge in [-0.25, -0.2) is 9.47 Å². The van der Waals surface area contributed by atoms with Crippen LogP contribution in [-0.2, 0) is 9.53 Å². The molecule has 5 rings (SSSR count). The molecular formula is C25H21N5O3S. The number of amides is 1. The number of esters is 1. The number of aromatic nitrogens is 3. The predicted octanol–water partition coefficient (Wildman–Crippen LogP) is 4.13. The number of para-hydroxylation sites is 1. The molecule has 0 bridgehead atoms. The molecule has 0 spiro atoms. The van der Waals surface area contributed by atoms with E-state index in [9.17, 15) is 9.59 Å². The summed E-state index contributed by atoms with van der Waals surface area (Å²) < 4.78 is 6.62. The van der Waals surface area contributed by atoms with Crippen LogP contribution in [0, 0.1) is 0 Å². The largest absolute Gasteiger partial charge is 0.465 e. The van der Waals surface area contributed by atoms with Gasteiger partial charge in [0.2, 0.25) is 11.1 Å². The number of rotatable bonds is 5. The Bertz CT molecular complexity index is 1310. The Hall–Kier alpha value is -4.11. The lowest BCUT2D eigenvalue weighted by atomic mass is 10.0. The molecule has 0 aliphatic carbocycles. The maximum atomic E-state index is 13.4. The highest BCUT2D eigenvalue weighted by atomic mass is 32.2. The summed E-state index contributed by atoms with van der Waals surface area (Å²) in [5, 5.41) is 11.7. The highest BCUT2D eigenvalue weighted by Crippen LogP contribution is 2.39. The van der Waals surface area contributed by atoms with Crippen LogP contribution < -0.4 is 10.7 Å². The number of methoxy groups -OCH3 is 1. The van der Waals surface area contributed by atoms with Crippen LogP contribution in [0.1, 0.15) is 22.0 Å². The predicted molar refractivity (Wildman–Crippen MR) is 130 cm³/mol. The van der Waals surface area contributed by atoms with Gasteiger partial charge in [-0.3, -0.25) is 4.79 Å². The maximum Gasteiger partial charge on any atom is 0.337 e. The van der Waals surface area contributed by atoms with E-state index in [1.165, 1.54) is 18.9 Å². The molecule has 3 aromatic carbocycles. The summed E-state index contributed by atoms with van der Waals surface area (Å²) >= 11 is 1.34. The van der Waals surface area contributed by atoms with Crippen molar-refractivity contribution in [1.29, 1.82) is 0 Å². The lowest BCUT2D eigenvalue weighted by Crippen LogP contribution is -2.41. The van der Waals surface area contributed by atoms with Crippen molar-refractivity contribution in [2.75, 3.05) is 17.9 Å². The first-order chi connectivity index (χ1) is 16.6.